The predicted octanol–water partition coefficient (Wildman–Crippen LogP) is 1.58. The van der Waals surface area contributed by atoms with Crippen LogP contribution >= 0.6 is 11.3 Å². The van der Waals surface area contributed by atoms with Crippen molar-refractivity contribution in [3.8, 4) is 0 Å². The van der Waals surface area contributed by atoms with Gasteiger partial charge in [0.25, 0.3) is 0 Å². The van der Waals surface area contributed by atoms with Crippen molar-refractivity contribution < 1.29 is 5.21 Å². The van der Waals surface area contributed by atoms with Crippen LogP contribution in [0.3, 0.4) is 0 Å². The molecule has 2 heterocycles. The summed E-state index contributed by atoms with van der Waals surface area (Å²) >= 11 is 1.55. The molecule has 100 valence electrons. The molecule has 3 N–H and O–H groups in total. The average Bonchev–Trinajstić information content (AvgIpc) is 2.90. The van der Waals surface area contributed by atoms with E-state index in [2.05, 4.69) is 15.1 Å². The third kappa shape index (κ3) is 3.00. The van der Waals surface area contributed by atoms with Crippen molar-refractivity contribution in [2.75, 3.05) is 11.9 Å². The highest BCUT2D eigenvalue weighted by molar-refractivity contribution is 7.07. The highest BCUT2D eigenvalue weighted by atomic mass is 32.1. The van der Waals surface area contributed by atoms with Gasteiger partial charge in [-0.2, -0.15) is 0 Å². The number of pyridine rings is 1. The first-order valence-corrected chi connectivity index (χ1v) is 6.60. The molecule has 0 saturated heterocycles. The summed E-state index contributed by atoms with van der Waals surface area (Å²) in [6.45, 7) is 2.52. The normalized spacial score (nSPS) is 11.6. The summed E-state index contributed by atoms with van der Waals surface area (Å²) < 4.78 is 0. The lowest BCUT2D eigenvalue weighted by atomic mass is 10.2. The summed E-state index contributed by atoms with van der Waals surface area (Å²) in [5, 5.41) is 13.9. The van der Waals surface area contributed by atoms with Gasteiger partial charge in [0.05, 0.1) is 23.3 Å². The first-order valence-electron chi connectivity index (χ1n) is 5.65. The molecule has 0 aliphatic rings. The maximum atomic E-state index is 8.83. The van der Waals surface area contributed by atoms with Crippen molar-refractivity contribution in [1.82, 2.24) is 9.97 Å². The zero-order valence-corrected chi connectivity index (χ0v) is 11.6. The number of hydrogen-bond acceptors (Lipinski definition) is 6. The van der Waals surface area contributed by atoms with Crippen LogP contribution in [0.1, 0.15) is 17.0 Å². The Bertz CT molecular complexity index is 582. The van der Waals surface area contributed by atoms with Crippen LogP contribution in [-0.4, -0.2) is 28.1 Å². The van der Waals surface area contributed by atoms with Crippen LogP contribution in [0.15, 0.2) is 28.2 Å². The molecule has 0 aromatic carbocycles. The van der Waals surface area contributed by atoms with Gasteiger partial charge in [0.2, 0.25) is 0 Å². The summed E-state index contributed by atoms with van der Waals surface area (Å²) in [5.74, 6) is 0.718. The van der Waals surface area contributed by atoms with Gasteiger partial charge in [0.1, 0.15) is 5.82 Å². The van der Waals surface area contributed by atoms with Gasteiger partial charge in [-0.3, -0.25) is 0 Å². The van der Waals surface area contributed by atoms with Crippen LogP contribution < -0.4 is 10.6 Å². The van der Waals surface area contributed by atoms with Gasteiger partial charge >= 0.3 is 0 Å². The van der Waals surface area contributed by atoms with Crippen molar-refractivity contribution in [2.45, 2.75) is 13.5 Å². The van der Waals surface area contributed by atoms with Crippen LogP contribution in [0.2, 0.25) is 0 Å². The Hall–Kier alpha value is -2.15. The topological polar surface area (TPSA) is 87.6 Å². The summed E-state index contributed by atoms with van der Waals surface area (Å²) in [7, 11) is 1.90. The van der Waals surface area contributed by atoms with Crippen molar-refractivity contribution in [2.24, 2.45) is 10.9 Å². The number of aromatic nitrogens is 2. The van der Waals surface area contributed by atoms with E-state index < -0.39 is 0 Å². The third-order valence-electron chi connectivity index (χ3n) is 2.64. The molecule has 0 saturated carbocycles. The number of rotatable bonds is 4. The molecule has 0 unspecified atom stereocenters. The Morgan fingerprint density at radius 1 is 1.53 bits per heavy atom. The van der Waals surface area contributed by atoms with Crippen molar-refractivity contribution in [3.05, 3.63) is 40.0 Å². The minimum absolute atomic E-state index is 0.0487. The maximum absolute atomic E-state index is 8.83. The van der Waals surface area contributed by atoms with Crippen LogP contribution in [-0.2, 0) is 6.54 Å². The van der Waals surface area contributed by atoms with Gasteiger partial charge in [0, 0.05) is 18.1 Å². The molecule has 0 radical (unpaired) electrons. The summed E-state index contributed by atoms with van der Waals surface area (Å²) in [4.78, 5) is 10.6. The lowest BCUT2D eigenvalue weighted by Crippen LogP contribution is -2.24. The molecule has 0 aliphatic heterocycles. The Morgan fingerprint density at radius 3 is 2.95 bits per heavy atom. The monoisotopic (exact) mass is 277 g/mol. The van der Waals surface area contributed by atoms with E-state index in [1.807, 2.05) is 30.3 Å². The first kappa shape index (κ1) is 13.3. The predicted molar refractivity (Wildman–Crippen MR) is 75.7 cm³/mol. The number of oxime groups is 1. The molecule has 2 aromatic heterocycles. The molecule has 0 aliphatic carbocycles. The Labute approximate surface area is 115 Å². The van der Waals surface area contributed by atoms with Gasteiger partial charge in [0.15, 0.2) is 5.84 Å². The molecular formula is C12H15N5OS. The van der Waals surface area contributed by atoms with Gasteiger partial charge in [-0.05, 0) is 19.1 Å². The van der Waals surface area contributed by atoms with Crippen LogP contribution in [0.25, 0.3) is 0 Å². The van der Waals surface area contributed by atoms with Gasteiger partial charge in [-0.25, -0.2) is 9.97 Å². The number of hydrogen-bond donors (Lipinski definition) is 2. The second-order valence-electron chi connectivity index (χ2n) is 4.14. The molecule has 0 fully saturated rings. The van der Waals surface area contributed by atoms with E-state index in [4.69, 9.17) is 10.9 Å². The van der Waals surface area contributed by atoms with Gasteiger partial charge in [-0.1, -0.05) is 5.16 Å². The van der Waals surface area contributed by atoms with E-state index in [9.17, 15) is 0 Å². The zero-order chi connectivity index (χ0) is 13.8. The highest BCUT2D eigenvalue weighted by Gasteiger charge is 2.14. The standard InChI is InChI=1S/C12H15N5OS/c1-8-3-4-10(11(13)16-18)12(15-8)17(2)5-9-6-19-7-14-9/h3-4,6-7,18H,5H2,1-2H3,(H2,13,16). The molecule has 0 bridgehead atoms. The quantitative estimate of drug-likeness (QED) is 0.383. The second kappa shape index (κ2) is 5.66. The van der Waals surface area contributed by atoms with Crippen LogP contribution in [0, 0.1) is 6.92 Å². The number of thiazole rings is 1. The summed E-state index contributed by atoms with van der Waals surface area (Å²) in [6, 6.07) is 3.62. The molecule has 0 amide bonds. The van der Waals surface area contributed by atoms with Crippen molar-refractivity contribution >= 4 is 23.0 Å². The lowest BCUT2D eigenvalue weighted by molar-refractivity contribution is 0.318. The molecule has 0 atom stereocenters. The van der Waals surface area contributed by atoms with E-state index in [0.717, 1.165) is 11.4 Å². The fourth-order valence-corrected chi connectivity index (χ4v) is 2.27. The Balaban J connectivity index is 2.34. The number of anilines is 1. The smallest absolute Gasteiger partial charge is 0.173 e. The minimum atomic E-state index is 0.0487. The maximum Gasteiger partial charge on any atom is 0.173 e. The molecule has 2 rings (SSSR count). The van der Waals surface area contributed by atoms with E-state index in [1.54, 1.807) is 22.9 Å². The summed E-state index contributed by atoms with van der Waals surface area (Å²) in [6.07, 6.45) is 0. The second-order valence-corrected chi connectivity index (χ2v) is 4.86. The van der Waals surface area contributed by atoms with Crippen LogP contribution in [0.5, 0.6) is 0 Å². The highest BCUT2D eigenvalue weighted by Crippen LogP contribution is 2.19. The largest absolute Gasteiger partial charge is 0.409 e. The molecule has 19 heavy (non-hydrogen) atoms. The lowest BCUT2D eigenvalue weighted by Gasteiger charge is -2.20. The van der Waals surface area contributed by atoms with E-state index in [0.29, 0.717) is 17.9 Å². The summed E-state index contributed by atoms with van der Waals surface area (Å²) in [5.41, 5.74) is 9.90. The molecule has 2 aromatic rings. The minimum Gasteiger partial charge on any atom is -0.409 e. The molecule has 6 nitrogen and oxygen atoms in total. The Kier molecular flexibility index (Phi) is 3.96. The van der Waals surface area contributed by atoms with Crippen LogP contribution in [0.4, 0.5) is 5.82 Å². The zero-order valence-electron chi connectivity index (χ0n) is 10.7. The fourth-order valence-electron chi connectivity index (χ4n) is 1.72. The third-order valence-corrected chi connectivity index (χ3v) is 3.28. The van der Waals surface area contributed by atoms with Gasteiger partial charge in [-0.15, -0.1) is 11.3 Å². The Morgan fingerprint density at radius 2 is 2.32 bits per heavy atom. The van der Waals surface area contributed by atoms with Gasteiger partial charge < -0.3 is 15.8 Å². The van der Waals surface area contributed by atoms with Crippen molar-refractivity contribution in [3.63, 3.8) is 0 Å². The molecule has 7 heteroatoms. The fraction of sp³-hybridized carbons (Fsp3) is 0.250. The number of aryl methyl sites for hydroxylation is 1. The first-order chi connectivity index (χ1) is 9.11. The van der Waals surface area contributed by atoms with Crippen molar-refractivity contribution in [1.29, 1.82) is 0 Å². The van der Waals surface area contributed by atoms with E-state index >= 15 is 0 Å². The molecular weight excluding hydrogens is 262 g/mol. The SMILES string of the molecule is Cc1ccc(C(N)=NO)c(N(C)Cc2cscn2)n1. The number of nitrogens with two attached hydrogens (primary N) is 1. The number of nitrogens with zero attached hydrogens (tertiary/aromatic N) is 4. The van der Waals surface area contributed by atoms with E-state index in [-0.39, 0.29) is 5.84 Å². The average molecular weight is 277 g/mol. The van der Waals surface area contributed by atoms with E-state index in [1.165, 1.54) is 0 Å². The molecule has 0 spiro atoms. The number of amidine groups is 1.